The minimum atomic E-state index is -0.562. The maximum Gasteiger partial charge on any atom is 0.237 e. The Morgan fingerprint density at radius 3 is 2.65 bits per heavy atom. The van der Waals surface area contributed by atoms with Crippen LogP contribution in [0.1, 0.15) is 33.1 Å². The summed E-state index contributed by atoms with van der Waals surface area (Å²) >= 11 is 0. The second kappa shape index (κ2) is 4.94. The van der Waals surface area contributed by atoms with Crippen molar-refractivity contribution >= 4 is 5.91 Å². The molecule has 3 N–H and O–H groups in total. The van der Waals surface area contributed by atoms with E-state index in [1.165, 1.54) is 12.8 Å². The number of aliphatic hydroxyl groups is 1. The Kier molecular flexibility index (Phi) is 3.73. The zero-order valence-corrected chi connectivity index (χ0v) is 10.8. The molecule has 1 saturated heterocycles. The Labute approximate surface area is 103 Å². The third-order valence-corrected chi connectivity index (χ3v) is 4.47. The van der Waals surface area contributed by atoms with Gasteiger partial charge < -0.3 is 10.8 Å². The van der Waals surface area contributed by atoms with Crippen LogP contribution in [0.2, 0.25) is 0 Å². The fraction of sp³-hybridized carbons (Fsp3) is 0.923. The van der Waals surface area contributed by atoms with Gasteiger partial charge in [-0.2, -0.15) is 0 Å². The van der Waals surface area contributed by atoms with E-state index in [9.17, 15) is 9.90 Å². The summed E-state index contributed by atoms with van der Waals surface area (Å²) in [6.45, 7) is 6.27. The van der Waals surface area contributed by atoms with Crippen LogP contribution in [-0.4, -0.2) is 41.1 Å². The van der Waals surface area contributed by atoms with Gasteiger partial charge in [0.25, 0.3) is 0 Å². The zero-order valence-electron chi connectivity index (χ0n) is 10.8. The highest BCUT2D eigenvalue weighted by molar-refractivity contribution is 5.80. The van der Waals surface area contributed by atoms with Gasteiger partial charge in [-0.25, -0.2) is 0 Å². The Hall–Kier alpha value is -0.610. The van der Waals surface area contributed by atoms with E-state index in [0.717, 1.165) is 24.9 Å². The van der Waals surface area contributed by atoms with E-state index in [-0.39, 0.29) is 5.91 Å². The average molecular weight is 240 g/mol. The number of primary amides is 1. The van der Waals surface area contributed by atoms with Gasteiger partial charge in [-0.3, -0.25) is 9.69 Å². The Morgan fingerprint density at radius 2 is 2.12 bits per heavy atom. The lowest BCUT2D eigenvalue weighted by atomic mass is 9.69. The van der Waals surface area contributed by atoms with Crippen molar-refractivity contribution in [2.45, 2.75) is 45.3 Å². The van der Waals surface area contributed by atoms with Gasteiger partial charge in [0.2, 0.25) is 5.91 Å². The first kappa shape index (κ1) is 12.8. The van der Waals surface area contributed by atoms with Gasteiger partial charge >= 0.3 is 0 Å². The Balaban J connectivity index is 1.82. The summed E-state index contributed by atoms with van der Waals surface area (Å²) in [6.07, 6.45) is 2.63. The standard InChI is InChI=1S/C13H24N2O2/c1-8(2)10-5-9(6-10)7-15-4-3-11(16)12(15)13(14)17/h8-12,16H,3-7H2,1-2H3,(H2,14,17)/t9-,10+,11-,12-/m0/s1. The number of carbonyl (C=O) groups excluding carboxylic acids is 1. The molecule has 2 aliphatic rings. The molecule has 1 aliphatic carbocycles. The number of carbonyl (C=O) groups is 1. The highest BCUT2D eigenvalue weighted by Gasteiger charge is 2.40. The first-order valence-corrected chi connectivity index (χ1v) is 6.70. The van der Waals surface area contributed by atoms with Crippen LogP contribution in [0.4, 0.5) is 0 Å². The van der Waals surface area contributed by atoms with Crippen LogP contribution in [0.5, 0.6) is 0 Å². The van der Waals surface area contributed by atoms with Crippen LogP contribution in [-0.2, 0) is 4.79 Å². The summed E-state index contributed by atoms with van der Waals surface area (Å²) in [7, 11) is 0. The highest BCUT2D eigenvalue weighted by atomic mass is 16.3. The van der Waals surface area contributed by atoms with Crippen LogP contribution >= 0.6 is 0 Å². The van der Waals surface area contributed by atoms with E-state index in [2.05, 4.69) is 18.7 Å². The lowest BCUT2D eigenvalue weighted by Gasteiger charge is -2.41. The zero-order chi connectivity index (χ0) is 12.6. The largest absolute Gasteiger partial charge is 0.391 e. The maximum atomic E-state index is 11.3. The molecule has 0 spiro atoms. The number of rotatable bonds is 4. The fourth-order valence-corrected chi connectivity index (χ4v) is 3.23. The summed E-state index contributed by atoms with van der Waals surface area (Å²) in [5.74, 6) is 1.92. The quantitative estimate of drug-likeness (QED) is 0.756. The van der Waals surface area contributed by atoms with E-state index < -0.39 is 12.1 Å². The first-order chi connectivity index (χ1) is 7.99. The van der Waals surface area contributed by atoms with Gasteiger partial charge in [0.15, 0.2) is 0 Å². The average Bonchev–Trinajstić information content (AvgIpc) is 2.51. The van der Waals surface area contributed by atoms with Crippen molar-refractivity contribution in [2.24, 2.45) is 23.5 Å². The van der Waals surface area contributed by atoms with Gasteiger partial charge in [0.05, 0.1) is 6.10 Å². The maximum absolute atomic E-state index is 11.3. The molecular formula is C13H24N2O2. The molecule has 98 valence electrons. The van der Waals surface area contributed by atoms with E-state index in [1.807, 2.05) is 0 Å². The molecule has 1 aliphatic heterocycles. The molecule has 1 amide bonds. The Morgan fingerprint density at radius 1 is 1.47 bits per heavy atom. The number of nitrogens with two attached hydrogens (primary N) is 1. The number of amides is 1. The SMILES string of the molecule is CC(C)[C@H]1C[C@@H](CN2CC[C@H](O)[C@H]2C(N)=O)C1. The van der Waals surface area contributed by atoms with Gasteiger partial charge in [0.1, 0.15) is 6.04 Å². The Bertz CT molecular complexity index is 287. The molecule has 4 nitrogen and oxygen atoms in total. The summed E-state index contributed by atoms with van der Waals surface area (Å²) < 4.78 is 0. The smallest absolute Gasteiger partial charge is 0.237 e. The first-order valence-electron chi connectivity index (χ1n) is 6.70. The second-order valence-corrected chi connectivity index (χ2v) is 6.04. The topological polar surface area (TPSA) is 66.6 Å². The van der Waals surface area contributed by atoms with Crippen molar-refractivity contribution in [3.63, 3.8) is 0 Å². The van der Waals surface area contributed by atoms with Crippen LogP contribution in [0.15, 0.2) is 0 Å². The van der Waals surface area contributed by atoms with Crippen molar-refractivity contribution in [3.8, 4) is 0 Å². The summed E-state index contributed by atoms with van der Waals surface area (Å²) in [5, 5.41) is 9.73. The molecule has 0 bridgehead atoms. The molecule has 2 atom stereocenters. The van der Waals surface area contributed by atoms with Crippen LogP contribution < -0.4 is 5.73 Å². The van der Waals surface area contributed by atoms with Gasteiger partial charge in [-0.05, 0) is 37.0 Å². The number of hydrogen-bond acceptors (Lipinski definition) is 3. The normalized spacial score (nSPS) is 38.4. The van der Waals surface area contributed by atoms with Crippen LogP contribution in [0.25, 0.3) is 0 Å². The summed E-state index contributed by atoms with van der Waals surface area (Å²) in [5.41, 5.74) is 5.35. The van der Waals surface area contributed by atoms with E-state index in [0.29, 0.717) is 12.3 Å². The summed E-state index contributed by atoms with van der Waals surface area (Å²) in [4.78, 5) is 13.4. The molecule has 2 rings (SSSR count). The lowest BCUT2D eigenvalue weighted by Crippen LogP contribution is -2.48. The lowest BCUT2D eigenvalue weighted by molar-refractivity contribution is -0.125. The minimum Gasteiger partial charge on any atom is -0.391 e. The molecule has 17 heavy (non-hydrogen) atoms. The third-order valence-electron chi connectivity index (χ3n) is 4.47. The van der Waals surface area contributed by atoms with Crippen LogP contribution in [0, 0.1) is 17.8 Å². The predicted molar refractivity (Wildman–Crippen MR) is 66.2 cm³/mol. The monoisotopic (exact) mass is 240 g/mol. The molecule has 2 fully saturated rings. The van der Waals surface area contributed by atoms with Gasteiger partial charge in [0, 0.05) is 13.1 Å². The summed E-state index contributed by atoms with van der Waals surface area (Å²) in [6, 6.07) is -0.451. The molecular weight excluding hydrogens is 216 g/mol. The molecule has 0 aromatic rings. The minimum absolute atomic E-state index is 0.380. The number of aliphatic hydroxyl groups excluding tert-OH is 1. The number of nitrogens with zero attached hydrogens (tertiary/aromatic N) is 1. The highest BCUT2D eigenvalue weighted by Crippen LogP contribution is 2.39. The third kappa shape index (κ3) is 2.63. The van der Waals surface area contributed by atoms with Crippen molar-refractivity contribution in [2.75, 3.05) is 13.1 Å². The molecule has 0 radical (unpaired) electrons. The van der Waals surface area contributed by atoms with Gasteiger partial charge in [-0.1, -0.05) is 13.8 Å². The molecule has 4 heteroatoms. The van der Waals surface area contributed by atoms with Crippen molar-refractivity contribution in [1.82, 2.24) is 4.90 Å². The molecule has 0 unspecified atom stereocenters. The molecule has 0 aromatic heterocycles. The molecule has 1 heterocycles. The number of likely N-dealkylation sites (tertiary alicyclic amines) is 1. The van der Waals surface area contributed by atoms with E-state index in [1.54, 1.807) is 0 Å². The fourth-order valence-electron chi connectivity index (χ4n) is 3.23. The molecule has 0 aromatic carbocycles. The van der Waals surface area contributed by atoms with Crippen molar-refractivity contribution in [1.29, 1.82) is 0 Å². The van der Waals surface area contributed by atoms with Gasteiger partial charge in [-0.15, -0.1) is 0 Å². The van der Waals surface area contributed by atoms with Crippen molar-refractivity contribution < 1.29 is 9.90 Å². The van der Waals surface area contributed by atoms with E-state index >= 15 is 0 Å². The second-order valence-electron chi connectivity index (χ2n) is 6.04. The molecule has 1 saturated carbocycles. The number of hydrogen-bond donors (Lipinski definition) is 2. The van der Waals surface area contributed by atoms with E-state index in [4.69, 9.17) is 5.73 Å². The van der Waals surface area contributed by atoms with Crippen molar-refractivity contribution in [3.05, 3.63) is 0 Å². The van der Waals surface area contributed by atoms with Crippen LogP contribution in [0.3, 0.4) is 0 Å². The predicted octanol–water partition coefficient (Wildman–Crippen LogP) is 0.589.